The molecule has 0 aromatic carbocycles. The molecule has 0 amide bonds. The molecule has 1 heterocycles. The molecule has 1 aliphatic rings. The van der Waals surface area contributed by atoms with E-state index in [1.807, 2.05) is 0 Å². The Hall–Kier alpha value is -0.160. The minimum Gasteiger partial charge on any atom is -0.389 e. The molecule has 4 nitrogen and oxygen atoms in total. The standard InChI is InChI=1S/C16H34N2O2/c1-4-5-10-20-13-16(19)12-18-8-6-15(7-9-18)11-17-14(2)3/h14-17,19H,4-13H2,1-3H3. The SMILES string of the molecule is CCCCOCC(O)CN1CCC(CNC(C)C)CC1. The van der Waals surface area contributed by atoms with Crippen molar-refractivity contribution in [2.24, 2.45) is 5.92 Å². The molecule has 0 aliphatic carbocycles. The summed E-state index contributed by atoms with van der Waals surface area (Å²) in [6.07, 6.45) is 4.37. The van der Waals surface area contributed by atoms with E-state index < -0.39 is 0 Å². The first kappa shape index (κ1) is 17.9. The van der Waals surface area contributed by atoms with Crippen molar-refractivity contribution in [3.63, 3.8) is 0 Å². The van der Waals surface area contributed by atoms with Gasteiger partial charge in [0.1, 0.15) is 0 Å². The number of aliphatic hydroxyl groups is 1. The van der Waals surface area contributed by atoms with Gasteiger partial charge in [0.2, 0.25) is 0 Å². The Labute approximate surface area is 124 Å². The molecule has 120 valence electrons. The molecule has 0 spiro atoms. The second kappa shape index (κ2) is 10.6. The second-order valence-electron chi connectivity index (χ2n) is 6.39. The fraction of sp³-hybridized carbons (Fsp3) is 1.00. The van der Waals surface area contributed by atoms with E-state index in [-0.39, 0.29) is 6.10 Å². The molecule has 0 radical (unpaired) electrons. The number of β-amino-alcohol motifs (C(OH)–C–C–N with tert-alkyl or cyclic N) is 1. The number of hydrogen-bond donors (Lipinski definition) is 2. The third kappa shape index (κ3) is 8.20. The van der Waals surface area contributed by atoms with Crippen molar-refractivity contribution in [2.45, 2.75) is 58.6 Å². The maximum atomic E-state index is 9.96. The first-order valence-corrected chi connectivity index (χ1v) is 8.33. The number of ether oxygens (including phenoxy) is 1. The summed E-state index contributed by atoms with van der Waals surface area (Å²) in [4.78, 5) is 2.37. The molecule has 2 N–H and O–H groups in total. The van der Waals surface area contributed by atoms with Gasteiger partial charge in [-0.25, -0.2) is 0 Å². The third-order valence-corrected chi connectivity index (χ3v) is 3.94. The lowest BCUT2D eigenvalue weighted by molar-refractivity contribution is 0.00990. The predicted octanol–water partition coefficient (Wildman–Crippen LogP) is 1.87. The van der Waals surface area contributed by atoms with Crippen LogP contribution in [-0.2, 0) is 4.74 Å². The van der Waals surface area contributed by atoms with E-state index in [1.165, 1.54) is 12.8 Å². The summed E-state index contributed by atoms with van der Waals surface area (Å²) in [6, 6.07) is 0.579. The van der Waals surface area contributed by atoms with Gasteiger partial charge in [-0.3, -0.25) is 0 Å². The summed E-state index contributed by atoms with van der Waals surface area (Å²) in [6.45, 7) is 11.9. The zero-order valence-electron chi connectivity index (χ0n) is 13.6. The molecular weight excluding hydrogens is 252 g/mol. The quantitative estimate of drug-likeness (QED) is 0.602. The van der Waals surface area contributed by atoms with Crippen LogP contribution in [-0.4, -0.2) is 61.5 Å². The number of nitrogens with zero attached hydrogens (tertiary/aromatic N) is 1. The summed E-state index contributed by atoms with van der Waals surface area (Å²) in [5.41, 5.74) is 0. The van der Waals surface area contributed by atoms with Gasteiger partial charge < -0.3 is 20.1 Å². The summed E-state index contributed by atoms with van der Waals surface area (Å²) in [5.74, 6) is 0.798. The highest BCUT2D eigenvalue weighted by atomic mass is 16.5. The van der Waals surface area contributed by atoms with Crippen molar-refractivity contribution >= 4 is 0 Å². The first-order valence-electron chi connectivity index (χ1n) is 8.33. The van der Waals surface area contributed by atoms with Gasteiger partial charge in [0.05, 0.1) is 12.7 Å². The molecule has 1 atom stereocenters. The van der Waals surface area contributed by atoms with Crippen LogP contribution in [0.25, 0.3) is 0 Å². The maximum absolute atomic E-state index is 9.96. The zero-order valence-corrected chi connectivity index (χ0v) is 13.6. The Morgan fingerprint density at radius 3 is 2.60 bits per heavy atom. The number of unbranched alkanes of at least 4 members (excludes halogenated alkanes) is 1. The molecule has 1 saturated heterocycles. The molecule has 0 aromatic heterocycles. The summed E-state index contributed by atoms with van der Waals surface area (Å²) >= 11 is 0. The minimum atomic E-state index is -0.336. The van der Waals surface area contributed by atoms with Crippen LogP contribution in [0.1, 0.15) is 46.5 Å². The van der Waals surface area contributed by atoms with Crippen LogP contribution in [0, 0.1) is 5.92 Å². The minimum absolute atomic E-state index is 0.336. The highest BCUT2D eigenvalue weighted by molar-refractivity contribution is 4.76. The Bertz CT molecular complexity index is 229. The average molecular weight is 286 g/mol. The fourth-order valence-electron chi connectivity index (χ4n) is 2.59. The Morgan fingerprint density at radius 1 is 1.30 bits per heavy atom. The van der Waals surface area contributed by atoms with Gasteiger partial charge in [-0.15, -0.1) is 0 Å². The Morgan fingerprint density at radius 2 is 2.00 bits per heavy atom. The van der Waals surface area contributed by atoms with E-state index in [0.717, 1.165) is 51.5 Å². The number of hydrogen-bond acceptors (Lipinski definition) is 4. The summed E-state index contributed by atoms with van der Waals surface area (Å²) in [7, 11) is 0. The van der Waals surface area contributed by atoms with Crippen molar-refractivity contribution in [3.05, 3.63) is 0 Å². The van der Waals surface area contributed by atoms with E-state index in [4.69, 9.17) is 4.74 Å². The van der Waals surface area contributed by atoms with Crippen molar-refractivity contribution in [2.75, 3.05) is 39.4 Å². The van der Waals surface area contributed by atoms with Crippen molar-refractivity contribution in [3.8, 4) is 0 Å². The van der Waals surface area contributed by atoms with Crippen LogP contribution < -0.4 is 5.32 Å². The van der Waals surface area contributed by atoms with Gasteiger partial charge >= 0.3 is 0 Å². The lowest BCUT2D eigenvalue weighted by Crippen LogP contribution is -2.42. The topological polar surface area (TPSA) is 44.7 Å². The molecule has 0 aromatic rings. The van der Waals surface area contributed by atoms with Crippen molar-refractivity contribution in [1.82, 2.24) is 10.2 Å². The van der Waals surface area contributed by atoms with E-state index >= 15 is 0 Å². The molecule has 4 heteroatoms. The first-order chi connectivity index (χ1) is 9.61. The lowest BCUT2D eigenvalue weighted by Gasteiger charge is -2.33. The van der Waals surface area contributed by atoms with E-state index in [9.17, 15) is 5.11 Å². The van der Waals surface area contributed by atoms with Gasteiger partial charge in [0.15, 0.2) is 0 Å². The van der Waals surface area contributed by atoms with Crippen LogP contribution in [0.4, 0.5) is 0 Å². The van der Waals surface area contributed by atoms with Crippen molar-refractivity contribution < 1.29 is 9.84 Å². The molecule has 0 bridgehead atoms. The highest BCUT2D eigenvalue weighted by Gasteiger charge is 2.20. The van der Waals surface area contributed by atoms with Crippen LogP contribution in [0.2, 0.25) is 0 Å². The van der Waals surface area contributed by atoms with Gasteiger partial charge in [0.25, 0.3) is 0 Å². The second-order valence-corrected chi connectivity index (χ2v) is 6.39. The maximum Gasteiger partial charge on any atom is 0.0900 e. The Kier molecular flexibility index (Phi) is 9.44. The summed E-state index contributed by atoms with van der Waals surface area (Å²) < 4.78 is 5.48. The van der Waals surface area contributed by atoms with Crippen LogP contribution in [0.5, 0.6) is 0 Å². The van der Waals surface area contributed by atoms with Gasteiger partial charge in [-0.2, -0.15) is 0 Å². The van der Waals surface area contributed by atoms with Gasteiger partial charge in [0, 0.05) is 19.2 Å². The van der Waals surface area contributed by atoms with E-state index in [0.29, 0.717) is 12.6 Å². The highest BCUT2D eigenvalue weighted by Crippen LogP contribution is 2.16. The Balaban J connectivity index is 2.06. The van der Waals surface area contributed by atoms with Crippen molar-refractivity contribution in [1.29, 1.82) is 0 Å². The third-order valence-electron chi connectivity index (χ3n) is 3.94. The normalized spacial score (nSPS) is 19.6. The monoisotopic (exact) mass is 286 g/mol. The fourth-order valence-corrected chi connectivity index (χ4v) is 2.59. The number of piperidine rings is 1. The molecule has 20 heavy (non-hydrogen) atoms. The number of nitrogens with one attached hydrogen (secondary N) is 1. The number of likely N-dealkylation sites (tertiary alicyclic amines) is 1. The summed E-state index contributed by atoms with van der Waals surface area (Å²) in [5, 5.41) is 13.5. The number of rotatable bonds is 10. The average Bonchev–Trinajstić information content (AvgIpc) is 2.43. The van der Waals surface area contributed by atoms with Gasteiger partial charge in [-0.1, -0.05) is 27.2 Å². The lowest BCUT2D eigenvalue weighted by atomic mass is 9.96. The molecule has 1 rings (SSSR count). The predicted molar refractivity (Wildman–Crippen MR) is 84.0 cm³/mol. The smallest absolute Gasteiger partial charge is 0.0900 e. The molecule has 1 unspecified atom stereocenters. The van der Waals surface area contributed by atoms with Crippen LogP contribution >= 0.6 is 0 Å². The van der Waals surface area contributed by atoms with Crippen LogP contribution in [0.15, 0.2) is 0 Å². The molecule has 1 aliphatic heterocycles. The zero-order chi connectivity index (χ0) is 14.8. The molecular formula is C16H34N2O2. The molecule has 0 saturated carbocycles. The van der Waals surface area contributed by atoms with E-state index in [2.05, 4.69) is 31.0 Å². The van der Waals surface area contributed by atoms with Crippen LogP contribution in [0.3, 0.4) is 0 Å². The van der Waals surface area contributed by atoms with Gasteiger partial charge in [-0.05, 0) is 44.8 Å². The van der Waals surface area contributed by atoms with E-state index in [1.54, 1.807) is 0 Å². The number of aliphatic hydroxyl groups excluding tert-OH is 1. The largest absolute Gasteiger partial charge is 0.389 e. The molecule has 1 fully saturated rings.